The largest absolute Gasteiger partial charge is 0.436 e. The molecular formula is C16H19ClN2O. The van der Waals surface area contributed by atoms with E-state index in [0.29, 0.717) is 5.88 Å². The lowest BCUT2D eigenvalue weighted by Crippen LogP contribution is -2.10. The van der Waals surface area contributed by atoms with Crippen molar-refractivity contribution in [1.29, 1.82) is 0 Å². The van der Waals surface area contributed by atoms with Gasteiger partial charge in [-0.2, -0.15) is 0 Å². The Bertz CT molecular complexity index is 633. The second-order valence-electron chi connectivity index (χ2n) is 5.87. The summed E-state index contributed by atoms with van der Waals surface area (Å²) in [6, 6.07) is 7.95. The van der Waals surface area contributed by atoms with Crippen LogP contribution < -0.4 is 4.74 Å². The molecule has 4 heteroatoms. The van der Waals surface area contributed by atoms with Crippen molar-refractivity contribution in [2.24, 2.45) is 0 Å². The first-order chi connectivity index (χ1) is 9.27. The Labute approximate surface area is 125 Å². The van der Waals surface area contributed by atoms with E-state index in [-0.39, 0.29) is 10.6 Å². The first-order valence-corrected chi connectivity index (χ1v) is 6.94. The number of nitrogens with zero attached hydrogens (tertiary/aromatic N) is 2. The van der Waals surface area contributed by atoms with Crippen molar-refractivity contribution in [2.75, 3.05) is 0 Å². The van der Waals surface area contributed by atoms with Gasteiger partial charge in [0, 0.05) is 0 Å². The molecule has 0 aliphatic carbocycles. The fraction of sp³-hybridized carbons (Fsp3) is 0.375. The number of hydrogen-bond acceptors (Lipinski definition) is 3. The standard InChI is InChI=1S/C16H19ClN2O/c1-10-11(2)19-15(14(17)18-10)20-13-8-6-7-12(9-13)16(3,4)5/h6-9H,1-5H3. The number of ether oxygens (including phenoxy) is 1. The van der Waals surface area contributed by atoms with Gasteiger partial charge in [-0.1, -0.05) is 44.5 Å². The molecule has 0 saturated carbocycles. The fourth-order valence-corrected chi connectivity index (χ4v) is 1.97. The summed E-state index contributed by atoms with van der Waals surface area (Å²) < 4.78 is 5.78. The average Bonchev–Trinajstić information content (AvgIpc) is 2.35. The minimum atomic E-state index is 0.0675. The Morgan fingerprint density at radius 2 is 1.70 bits per heavy atom. The summed E-state index contributed by atoms with van der Waals surface area (Å²) in [5, 5.41) is 0.286. The third kappa shape index (κ3) is 3.28. The monoisotopic (exact) mass is 290 g/mol. The van der Waals surface area contributed by atoms with E-state index in [1.807, 2.05) is 32.0 Å². The summed E-state index contributed by atoms with van der Waals surface area (Å²) in [5.41, 5.74) is 2.89. The molecule has 1 heterocycles. The quantitative estimate of drug-likeness (QED) is 0.794. The Hall–Kier alpha value is -1.61. The predicted octanol–water partition coefficient (Wildman–Crippen LogP) is 4.84. The summed E-state index contributed by atoms with van der Waals surface area (Å²) in [6.45, 7) is 10.2. The van der Waals surface area contributed by atoms with Crippen LogP contribution in [0.2, 0.25) is 5.15 Å². The second kappa shape index (κ2) is 5.41. The topological polar surface area (TPSA) is 35.0 Å². The van der Waals surface area contributed by atoms with Gasteiger partial charge in [0.05, 0.1) is 11.4 Å². The van der Waals surface area contributed by atoms with Crippen LogP contribution in [0.15, 0.2) is 24.3 Å². The predicted molar refractivity (Wildman–Crippen MR) is 81.7 cm³/mol. The highest BCUT2D eigenvalue weighted by molar-refractivity contribution is 6.30. The molecule has 0 aliphatic heterocycles. The highest BCUT2D eigenvalue weighted by Gasteiger charge is 2.15. The SMILES string of the molecule is Cc1nc(Cl)c(Oc2cccc(C(C)(C)C)c2)nc1C. The molecule has 0 radical (unpaired) electrons. The van der Waals surface area contributed by atoms with Crippen LogP contribution in [0.4, 0.5) is 0 Å². The molecule has 0 amide bonds. The lowest BCUT2D eigenvalue weighted by molar-refractivity contribution is 0.455. The Morgan fingerprint density at radius 1 is 1.05 bits per heavy atom. The van der Waals surface area contributed by atoms with Gasteiger partial charge in [-0.3, -0.25) is 0 Å². The highest BCUT2D eigenvalue weighted by atomic mass is 35.5. The minimum absolute atomic E-state index is 0.0675. The van der Waals surface area contributed by atoms with Crippen LogP contribution in [0.1, 0.15) is 37.7 Å². The van der Waals surface area contributed by atoms with E-state index in [9.17, 15) is 0 Å². The lowest BCUT2D eigenvalue weighted by Gasteiger charge is -2.19. The van der Waals surface area contributed by atoms with E-state index in [4.69, 9.17) is 16.3 Å². The normalized spacial score (nSPS) is 11.5. The third-order valence-electron chi connectivity index (χ3n) is 3.15. The molecule has 2 aromatic rings. The number of hydrogen-bond donors (Lipinski definition) is 0. The first-order valence-electron chi connectivity index (χ1n) is 6.56. The van der Waals surface area contributed by atoms with Gasteiger partial charge >= 0.3 is 0 Å². The number of halogens is 1. The number of rotatable bonds is 2. The van der Waals surface area contributed by atoms with E-state index < -0.39 is 0 Å². The zero-order valence-corrected chi connectivity index (χ0v) is 13.2. The van der Waals surface area contributed by atoms with Gasteiger partial charge in [-0.15, -0.1) is 0 Å². The minimum Gasteiger partial charge on any atom is -0.436 e. The van der Waals surface area contributed by atoms with Crippen LogP contribution in [0.3, 0.4) is 0 Å². The Balaban J connectivity index is 2.33. The van der Waals surface area contributed by atoms with Crippen molar-refractivity contribution in [3.8, 4) is 11.6 Å². The molecule has 1 aromatic heterocycles. The molecule has 3 nitrogen and oxygen atoms in total. The maximum absolute atomic E-state index is 6.08. The summed E-state index contributed by atoms with van der Waals surface area (Å²) in [6.07, 6.45) is 0. The number of benzene rings is 1. The molecule has 0 unspecified atom stereocenters. The molecule has 0 saturated heterocycles. The van der Waals surface area contributed by atoms with E-state index in [2.05, 4.69) is 36.8 Å². The molecule has 20 heavy (non-hydrogen) atoms. The molecule has 106 valence electrons. The molecule has 1 aromatic carbocycles. The van der Waals surface area contributed by atoms with Gasteiger partial charge in [0.15, 0.2) is 5.15 Å². The number of aromatic nitrogens is 2. The van der Waals surface area contributed by atoms with Crippen LogP contribution >= 0.6 is 11.6 Å². The Kier molecular flexibility index (Phi) is 4.00. The van der Waals surface area contributed by atoms with Crippen molar-refractivity contribution in [1.82, 2.24) is 9.97 Å². The summed E-state index contributed by atoms with van der Waals surface area (Å²) in [5.74, 6) is 1.07. The average molecular weight is 291 g/mol. The smallest absolute Gasteiger partial charge is 0.257 e. The van der Waals surface area contributed by atoms with E-state index >= 15 is 0 Å². The molecule has 0 atom stereocenters. The third-order valence-corrected chi connectivity index (χ3v) is 3.40. The lowest BCUT2D eigenvalue weighted by atomic mass is 9.87. The van der Waals surface area contributed by atoms with Gasteiger partial charge in [0.25, 0.3) is 5.88 Å². The molecule has 0 bridgehead atoms. The van der Waals surface area contributed by atoms with Crippen molar-refractivity contribution in [2.45, 2.75) is 40.0 Å². The zero-order valence-electron chi connectivity index (χ0n) is 12.5. The van der Waals surface area contributed by atoms with E-state index in [1.165, 1.54) is 5.56 Å². The van der Waals surface area contributed by atoms with Crippen LogP contribution in [0.5, 0.6) is 11.6 Å². The van der Waals surface area contributed by atoms with E-state index in [1.54, 1.807) is 0 Å². The van der Waals surface area contributed by atoms with Crippen LogP contribution in [-0.2, 0) is 5.41 Å². The van der Waals surface area contributed by atoms with Gasteiger partial charge in [0.2, 0.25) is 0 Å². The maximum atomic E-state index is 6.08. The van der Waals surface area contributed by atoms with Gasteiger partial charge < -0.3 is 4.74 Å². The van der Waals surface area contributed by atoms with E-state index in [0.717, 1.165) is 17.1 Å². The second-order valence-corrected chi connectivity index (χ2v) is 6.23. The molecule has 0 aliphatic rings. The van der Waals surface area contributed by atoms with Gasteiger partial charge in [-0.05, 0) is 37.0 Å². The van der Waals surface area contributed by atoms with Gasteiger partial charge in [0.1, 0.15) is 5.75 Å². The highest BCUT2D eigenvalue weighted by Crippen LogP contribution is 2.30. The summed E-state index contributed by atoms with van der Waals surface area (Å²) in [7, 11) is 0. The van der Waals surface area contributed by atoms with Crippen molar-refractivity contribution < 1.29 is 4.74 Å². The molecule has 0 spiro atoms. The Morgan fingerprint density at radius 3 is 2.35 bits per heavy atom. The summed E-state index contributed by atoms with van der Waals surface area (Å²) in [4.78, 5) is 8.56. The van der Waals surface area contributed by atoms with Crippen molar-refractivity contribution >= 4 is 11.6 Å². The molecule has 2 rings (SSSR count). The van der Waals surface area contributed by atoms with Crippen molar-refractivity contribution in [3.05, 3.63) is 46.4 Å². The zero-order chi connectivity index (χ0) is 14.9. The molecular weight excluding hydrogens is 272 g/mol. The fourth-order valence-electron chi connectivity index (χ4n) is 1.76. The van der Waals surface area contributed by atoms with Gasteiger partial charge in [-0.25, -0.2) is 9.97 Å². The molecule has 0 N–H and O–H groups in total. The maximum Gasteiger partial charge on any atom is 0.257 e. The van der Waals surface area contributed by atoms with Crippen molar-refractivity contribution in [3.63, 3.8) is 0 Å². The van der Waals surface area contributed by atoms with Crippen LogP contribution in [-0.4, -0.2) is 9.97 Å². The summed E-state index contributed by atoms with van der Waals surface area (Å²) >= 11 is 6.08. The molecule has 0 fully saturated rings. The van der Waals surface area contributed by atoms with Crippen LogP contribution in [0.25, 0.3) is 0 Å². The first kappa shape index (κ1) is 14.8. The number of aryl methyl sites for hydroxylation is 2. The van der Waals surface area contributed by atoms with Crippen LogP contribution in [0, 0.1) is 13.8 Å².